The van der Waals surface area contributed by atoms with Gasteiger partial charge in [0.15, 0.2) is 11.5 Å². The maximum Gasteiger partial charge on any atom is 0.172 e. The molecule has 0 saturated heterocycles. The van der Waals surface area contributed by atoms with Crippen LogP contribution in [-0.2, 0) is 0 Å². The Labute approximate surface area is 94.6 Å². The standard InChI is InChI=1S/C12H15NO3/c1-14-10-4-5-11-12(16-8-7-15-11)9(10)3-2-6-13/h2-5H,6-8,13H2,1H3/b3-2+. The molecule has 0 fully saturated rings. The zero-order chi connectivity index (χ0) is 11.4. The summed E-state index contributed by atoms with van der Waals surface area (Å²) in [5, 5.41) is 0. The van der Waals surface area contributed by atoms with Crippen molar-refractivity contribution in [2.45, 2.75) is 0 Å². The third kappa shape index (κ3) is 1.97. The van der Waals surface area contributed by atoms with E-state index in [9.17, 15) is 0 Å². The fourth-order valence-corrected chi connectivity index (χ4v) is 1.64. The molecule has 2 rings (SSSR count). The monoisotopic (exact) mass is 221 g/mol. The van der Waals surface area contributed by atoms with Crippen LogP contribution in [0.5, 0.6) is 17.2 Å². The summed E-state index contributed by atoms with van der Waals surface area (Å²) in [4.78, 5) is 0. The van der Waals surface area contributed by atoms with Gasteiger partial charge in [-0.05, 0) is 12.1 Å². The normalized spacial score (nSPS) is 14.1. The minimum absolute atomic E-state index is 0.480. The summed E-state index contributed by atoms with van der Waals surface area (Å²) < 4.78 is 16.4. The zero-order valence-corrected chi connectivity index (χ0v) is 9.23. The van der Waals surface area contributed by atoms with Gasteiger partial charge in [-0.2, -0.15) is 0 Å². The fraction of sp³-hybridized carbons (Fsp3) is 0.333. The minimum atomic E-state index is 0.480. The molecule has 4 heteroatoms. The van der Waals surface area contributed by atoms with Crippen molar-refractivity contribution in [3.8, 4) is 17.2 Å². The van der Waals surface area contributed by atoms with Crippen molar-refractivity contribution in [1.82, 2.24) is 0 Å². The van der Waals surface area contributed by atoms with Crippen LogP contribution in [0, 0.1) is 0 Å². The SMILES string of the molecule is COc1ccc2c(c1/C=C/CN)OCCO2. The van der Waals surface area contributed by atoms with Crippen molar-refractivity contribution in [1.29, 1.82) is 0 Å². The molecule has 4 nitrogen and oxygen atoms in total. The van der Waals surface area contributed by atoms with E-state index in [4.69, 9.17) is 19.9 Å². The van der Waals surface area contributed by atoms with Crippen LogP contribution in [0.4, 0.5) is 0 Å². The van der Waals surface area contributed by atoms with Gasteiger partial charge in [0.05, 0.1) is 12.7 Å². The van der Waals surface area contributed by atoms with E-state index in [-0.39, 0.29) is 0 Å². The van der Waals surface area contributed by atoms with Crippen LogP contribution in [-0.4, -0.2) is 26.9 Å². The molecule has 0 aromatic heterocycles. The Morgan fingerprint density at radius 1 is 1.38 bits per heavy atom. The Hall–Kier alpha value is -1.68. The average molecular weight is 221 g/mol. The predicted octanol–water partition coefficient (Wildman–Crippen LogP) is 1.44. The van der Waals surface area contributed by atoms with Gasteiger partial charge in [0.1, 0.15) is 19.0 Å². The number of fused-ring (bicyclic) bond motifs is 1. The van der Waals surface area contributed by atoms with Crippen LogP contribution in [0.15, 0.2) is 18.2 Å². The fourth-order valence-electron chi connectivity index (χ4n) is 1.64. The van der Waals surface area contributed by atoms with Crippen LogP contribution in [0.2, 0.25) is 0 Å². The van der Waals surface area contributed by atoms with Crippen LogP contribution >= 0.6 is 0 Å². The first-order chi connectivity index (χ1) is 7.86. The maximum absolute atomic E-state index is 5.60. The van der Waals surface area contributed by atoms with Crippen LogP contribution < -0.4 is 19.9 Å². The van der Waals surface area contributed by atoms with Crippen molar-refractivity contribution in [3.63, 3.8) is 0 Å². The molecule has 1 aromatic rings. The molecule has 0 bridgehead atoms. The molecule has 1 aliphatic rings. The molecule has 16 heavy (non-hydrogen) atoms. The second-order valence-corrected chi connectivity index (χ2v) is 3.34. The maximum atomic E-state index is 5.60. The average Bonchev–Trinajstić information content (AvgIpc) is 2.35. The van der Waals surface area contributed by atoms with E-state index in [1.54, 1.807) is 7.11 Å². The van der Waals surface area contributed by atoms with Crippen LogP contribution in [0.25, 0.3) is 6.08 Å². The quantitative estimate of drug-likeness (QED) is 0.839. The van der Waals surface area contributed by atoms with Crippen molar-refractivity contribution in [2.75, 3.05) is 26.9 Å². The summed E-state index contributed by atoms with van der Waals surface area (Å²) in [6.45, 7) is 1.62. The molecule has 0 spiro atoms. The van der Waals surface area contributed by atoms with E-state index in [1.807, 2.05) is 24.3 Å². The molecule has 1 aromatic carbocycles. The summed E-state index contributed by atoms with van der Waals surface area (Å²) in [5.74, 6) is 2.24. The first kappa shape index (κ1) is 10.8. The lowest BCUT2D eigenvalue weighted by atomic mass is 10.1. The van der Waals surface area contributed by atoms with E-state index in [0.717, 1.165) is 22.8 Å². The second-order valence-electron chi connectivity index (χ2n) is 3.34. The van der Waals surface area contributed by atoms with Crippen molar-refractivity contribution in [3.05, 3.63) is 23.8 Å². The summed E-state index contributed by atoms with van der Waals surface area (Å²) in [6, 6.07) is 3.72. The largest absolute Gasteiger partial charge is 0.496 e. The van der Waals surface area contributed by atoms with E-state index < -0.39 is 0 Å². The number of benzene rings is 1. The molecule has 86 valence electrons. The highest BCUT2D eigenvalue weighted by Crippen LogP contribution is 2.39. The smallest absolute Gasteiger partial charge is 0.172 e. The molecule has 1 heterocycles. The van der Waals surface area contributed by atoms with Gasteiger partial charge in [0.25, 0.3) is 0 Å². The minimum Gasteiger partial charge on any atom is -0.496 e. The number of hydrogen-bond acceptors (Lipinski definition) is 4. The number of hydrogen-bond donors (Lipinski definition) is 1. The predicted molar refractivity (Wildman–Crippen MR) is 62.1 cm³/mol. The molecular formula is C12H15NO3. The zero-order valence-electron chi connectivity index (χ0n) is 9.23. The molecule has 0 unspecified atom stereocenters. The number of rotatable bonds is 3. The molecule has 0 radical (unpaired) electrons. The molecule has 0 saturated carbocycles. The highest BCUT2D eigenvalue weighted by atomic mass is 16.6. The van der Waals surface area contributed by atoms with Crippen LogP contribution in [0.1, 0.15) is 5.56 Å². The van der Waals surface area contributed by atoms with Gasteiger partial charge in [-0.15, -0.1) is 0 Å². The number of nitrogens with two attached hydrogens (primary N) is 1. The first-order valence-corrected chi connectivity index (χ1v) is 5.20. The molecular weight excluding hydrogens is 206 g/mol. The lowest BCUT2D eigenvalue weighted by molar-refractivity contribution is 0.170. The molecule has 0 aliphatic carbocycles. The van der Waals surface area contributed by atoms with E-state index >= 15 is 0 Å². The van der Waals surface area contributed by atoms with Gasteiger partial charge in [-0.1, -0.05) is 12.2 Å². The van der Waals surface area contributed by atoms with E-state index in [2.05, 4.69) is 0 Å². The van der Waals surface area contributed by atoms with Gasteiger partial charge < -0.3 is 19.9 Å². The van der Waals surface area contributed by atoms with Gasteiger partial charge >= 0.3 is 0 Å². The van der Waals surface area contributed by atoms with Gasteiger partial charge in [0, 0.05) is 6.54 Å². The summed E-state index contributed by atoms with van der Waals surface area (Å²) in [5.41, 5.74) is 6.32. The molecule has 0 amide bonds. The lowest BCUT2D eigenvalue weighted by Gasteiger charge is -2.21. The third-order valence-electron chi connectivity index (χ3n) is 2.35. The Morgan fingerprint density at radius 3 is 2.94 bits per heavy atom. The van der Waals surface area contributed by atoms with Crippen molar-refractivity contribution < 1.29 is 14.2 Å². The topological polar surface area (TPSA) is 53.7 Å². The Bertz CT molecular complexity index is 401. The second kappa shape index (κ2) is 4.90. The van der Waals surface area contributed by atoms with Gasteiger partial charge in [-0.3, -0.25) is 0 Å². The van der Waals surface area contributed by atoms with E-state index in [0.29, 0.717) is 19.8 Å². The molecule has 1 aliphatic heterocycles. The summed E-state index contributed by atoms with van der Waals surface area (Å²) >= 11 is 0. The lowest BCUT2D eigenvalue weighted by Crippen LogP contribution is -2.16. The van der Waals surface area contributed by atoms with Gasteiger partial charge in [0.2, 0.25) is 0 Å². The summed E-state index contributed by atoms with van der Waals surface area (Å²) in [6.07, 6.45) is 3.75. The molecule has 0 atom stereocenters. The molecule has 2 N–H and O–H groups in total. The number of ether oxygens (including phenoxy) is 3. The van der Waals surface area contributed by atoms with Crippen LogP contribution in [0.3, 0.4) is 0 Å². The van der Waals surface area contributed by atoms with Crippen molar-refractivity contribution in [2.24, 2.45) is 5.73 Å². The van der Waals surface area contributed by atoms with Gasteiger partial charge in [-0.25, -0.2) is 0 Å². The summed E-state index contributed by atoms with van der Waals surface area (Å²) in [7, 11) is 1.63. The Kier molecular flexibility index (Phi) is 3.31. The first-order valence-electron chi connectivity index (χ1n) is 5.20. The number of methoxy groups -OCH3 is 1. The third-order valence-corrected chi connectivity index (χ3v) is 2.35. The highest BCUT2D eigenvalue weighted by Gasteiger charge is 2.17. The van der Waals surface area contributed by atoms with Crippen molar-refractivity contribution >= 4 is 6.08 Å². The Balaban J connectivity index is 2.47. The highest BCUT2D eigenvalue weighted by molar-refractivity contribution is 5.69. The van der Waals surface area contributed by atoms with E-state index in [1.165, 1.54) is 0 Å². The Morgan fingerprint density at radius 2 is 2.19 bits per heavy atom.